The van der Waals surface area contributed by atoms with Crippen LogP contribution in [0.5, 0.6) is 0 Å². The van der Waals surface area contributed by atoms with Crippen LogP contribution in [-0.4, -0.2) is 10.2 Å². The molecule has 0 fully saturated rings. The molecule has 0 spiro atoms. The lowest BCUT2D eigenvalue weighted by Crippen LogP contribution is -1.93. The van der Waals surface area contributed by atoms with Crippen molar-refractivity contribution in [3.63, 3.8) is 0 Å². The number of benzene rings is 1. The molecule has 0 unspecified atom stereocenters. The third kappa shape index (κ3) is 3.21. The molecule has 8 heteroatoms. The lowest BCUT2D eigenvalue weighted by atomic mass is 10.3. The van der Waals surface area contributed by atoms with Gasteiger partial charge in [-0.1, -0.05) is 21.0 Å². The van der Waals surface area contributed by atoms with Gasteiger partial charge in [0.1, 0.15) is 5.88 Å². The van der Waals surface area contributed by atoms with E-state index in [0.29, 0.717) is 11.9 Å². The molecule has 17 heavy (non-hydrogen) atoms. The van der Waals surface area contributed by atoms with Crippen molar-refractivity contribution in [3.05, 3.63) is 31.4 Å². The monoisotopic (exact) mass is 443 g/mol. The predicted octanol–water partition coefficient (Wildman–Crippen LogP) is 4.84. The first-order valence-corrected chi connectivity index (χ1v) is 7.31. The van der Waals surface area contributed by atoms with E-state index < -0.39 is 0 Å². The second-order valence-electron chi connectivity index (χ2n) is 3.00. The Morgan fingerprint density at radius 3 is 2.35 bits per heavy atom. The van der Waals surface area contributed by atoms with Gasteiger partial charge >= 0.3 is 6.01 Å². The molecule has 4 nitrogen and oxygen atoms in total. The van der Waals surface area contributed by atoms with Gasteiger partial charge in [0.25, 0.3) is 0 Å². The van der Waals surface area contributed by atoms with Gasteiger partial charge in [-0.25, -0.2) is 0 Å². The fourth-order valence-electron chi connectivity index (χ4n) is 1.13. The normalized spacial score (nSPS) is 10.6. The maximum Gasteiger partial charge on any atom is 0.320 e. The standard InChI is InChI=1S/C9H5Br3ClN3O/c10-4-1-5(11)8(6(12)2-4)14-9-16-15-7(3-13)17-9/h1-2H,3H2,(H,14,16). The third-order valence-corrected chi connectivity index (χ3v) is 3.76. The van der Waals surface area contributed by atoms with Crippen LogP contribution in [0.2, 0.25) is 0 Å². The first-order chi connectivity index (χ1) is 8.10. The number of anilines is 2. The number of halogens is 4. The van der Waals surface area contributed by atoms with Crippen LogP contribution in [0.4, 0.5) is 11.7 Å². The molecule has 1 N–H and O–H groups in total. The summed E-state index contributed by atoms with van der Waals surface area (Å²) in [6, 6.07) is 4.11. The SMILES string of the molecule is ClCc1nnc(Nc2c(Br)cc(Br)cc2Br)o1. The summed E-state index contributed by atoms with van der Waals surface area (Å²) in [5, 5.41) is 10.6. The molecular formula is C9H5Br3ClN3O. The van der Waals surface area contributed by atoms with E-state index in [1.54, 1.807) is 0 Å². The molecule has 90 valence electrons. The topological polar surface area (TPSA) is 51.0 Å². The fraction of sp³-hybridized carbons (Fsp3) is 0.111. The smallest absolute Gasteiger partial charge is 0.320 e. The second kappa shape index (κ2) is 5.69. The van der Waals surface area contributed by atoms with E-state index >= 15 is 0 Å². The molecular weight excluding hydrogens is 441 g/mol. The Kier molecular flexibility index (Phi) is 4.46. The quantitative estimate of drug-likeness (QED) is 0.686. The molecule has 0 saturated carbocycles. The minimum Gasteiger partial charge on any atom is -0.407 e. The van der Waals surface area contributed by atoms with Crippen molar-refractivity contribution in [3.8, 4) is 0 Å². The maximum atomic E-state index is 5.58. The van der Waals surface area contributed by atoms with Crippen molar-refractivity contribution < 1.29 is 4.42 Å². The number of nitrogens with zero attached hydrogens (tertiary/aromatic N) is 2. The number of hydrogen-bond donors (Lipinski definition) is 1. The Labute approximate surface area is 128 Å². The van der Waals surface area contributed by atoms with Crippen LogP contribution in [0.3, 0.4) is 0 Å². The van der Waals surface area contributed by atoms with Gasteiger partial charge < -0.3 is 9.73 Å². The molecule has 0 aliphatic carbocycles. The highest BCUT2D eigenvalue weighted by atomic mass is 79.9. The van der Waals surface area contributed by atoms with Crippen LogP contribution in [0, 0.1) is 0 Å². The van der Waals surface area contributed by atoms with Crippen LogP contribution in [0.1, 0.15) is 5.89 Å². The van der Waals surface area contributed by atoms with E-state index in [1.165, 1.54) is 0 Å². The molecule has 0 amide bonds. The molecule has 1 heterocycles. The van der Waals surface area contributed by atoms with Gasteiger partial charge in [0, 0.05) is 13.4 Å². The van der Waals surface area contributed by atoms with Gasteiger partial charge in [-0.3, -0.25) is 0 Å². The third-order valence-electron chi connectivity index (χ3n) is 1.82. The van der Waals surface area contributed by atoms with E-state index in [4.69, 9.17) is 16.0 Å². The molecule has 1 aromatic carbocycles. The molecule has 1 aromatic heterocycles. The summed E-state index contributed by atoms with van der Waals surface area (Å²) in [5.74, 6) is 0.565. The first kappa shape index (κ1) is 13.3. The largest absolute Gasteiger partial charge is 0.407 e. The van der Waals surface area contributed by atoms with E-state index in [1.807, 2.05) is 12.1 Å². The van der Waals surface area contributed by atoms with Crippen LogP contribution < -0.4 is 5.32 Å². The highest BCUT2D eigenvalue weighted by Gasteiger charge is 2.11. The summed E-state index contributed by atoms with van der Waals surface area (Å²) >= 11 is 15.9. The Bertz CT molecular complexity index is 523. The summed E-state index contributed by atoms with van der Waals surface area (Å²) in [6.45, 7) is 0. The molecule has 0 radical (unpaired) electrons. The van der Waals surface area contributed by atoms with Crippen molar-refractivity contribution in [2.75, 3.05) is 5.32 Å². The zero-order valence-electron chi connectivity index (χ0n) is 8.18. The van der Waals surface area contributed by atoms with Crippen molar-refractivity contribution in [1.82, 2.24) is 10.2 Å². The van der Waals surface area contributed by atoms with Crippen LogP contribution in [0.25, 0.3) is 0 Å². The maximum absolute atomic E-state index is 5.58. The van der Waals surface area contributed by atoms with Crippen LogP contribution in [-0.2, 0) is 5.88 Å². The number of nitrogens with one attached hydrogen (secondary N) is 1. The summed E-state index contributed by atoms with van der Waals surface area (Å²) < 4.78 is 7.94. The Morgan fingerprint density at radius 2 is 1.82 bits per heavy atom. The van der Waals surface area contributed by atoms with Gasteiger partial charge in [-0.05, 0) is 44.0 Å². The van der Waals surface area contributed by atoms with Crippen molar-refractivity contribution in [2.24, 2.45) is 0 Å². The van der Waals surface area contributed by atoms with Crippen LogP contribution >= 0.6 is 59.4 Å². The Hall–Kier alpha value is -0.110. The molecule has 0 atom stereocenters. The number of hydrogen-bond acceptors (Lipinski definition) is 4. The van der Waals surface area contributed by atoms with Gasteiger partial charge in [0.05, 0.1) is 5.69 Å². The molecule has 2 rings (SSSR count). The number of aromatic nitrogens is 2. The summed E-state index contributed by atoms with van der Waals surface area (Å²) in [5.41, 5.74) is 0.804. The summed E-state index contributed by atoms with van der Waals surface area (Å²) in [7, 11) is 0. The minimum absolute atomic E-state index is 0.192. The number of rotatable bonds is 3. The average molecular weight is 446 g/mol. The van der Waals surface area contributed by atoms with Gasteiger partial charge in [0.15, 0.2) is 0 Å². The lowest BCUT2D eigenvalue weighted by molar-refractivity contribution is 0.530. The zero-order valence-corrected chi connectivity index (χ0v) is 13.7. The predicted molar refractivity (Wildman–Crippen MR) is 76.7 cm³/mol. The second-order valence-corrected chi connectivity index (χ2v) is 5.90. The molecule has 0 aliphatic rings. The van der Waals surface area contributed by atoms with E-state index in [-0.39, 0.29) is 5.88 Å². The van der Waals surface area contributed by atoms with Gasteiger partial charge in [-0.2, -0.15) is 0 Å². The minimum atomic E-state index is 0.192. The molecule has 2 aromatic rings. The van der Waals surface area contributed by atoms with Gasteiger partial charge in [-0.15, -0.1) is 16.7 Å². The van der Waals surface area contributed by atoms with Crippen molar-refractivity contribution in [1.29, 1.82) is 0 Å². The van der Waals surface area contributed by atoms with E-state index in [0.717, 1.165) is 19.1 Å². The molecule has 0 aliphatic heterocycles. The molecule has 0 bridgehead atoms. The summed E-state index contributed by atoms with van der Waals surface area (Å²) in [4.78, 5) is 0. The number of alkyl halides is 1. The Balaban J connectivity index is 2.29. The van der Waals surface area contributed by atoms with E-state index in [9.17, 15) is 0 Å². The van der Waals surface area contributed by atoms with Gasteiger partial charge in [0.2, 0.25) is 5.89 Å². The fourth-order valence-corrected chi connectivity index (χ4v) is 3.69. The highest BCUT2D eigenvalue weighted by Crippen LogP contribution is 2.35. The lowest BCUT2D eigenvalue weighted by Gasteiger charge is -2.07. The zero-order chi connectivity index (χ0) is 12.4. The molecule has 0 saturated heterocycles. The Morgan fingerprint density at radius 1 is 1.18 bits per heavy atom. The average Bonchev–Trinajstić information content (AvgIpc) is 2.71. The first-order valence-electron chi connectivity index (χ1n) is 4.40. The highest BCUT2D eigenvalue weighted by molar-refractivity contribution is 9.11. The van der Waals surface area contributed by atoms with E-state index in [2.05, 4.69) is 63.3 Å². The van der Waals surface area contributed by atoms with Crippen molar-refractivity contribution in [2.45, 2.75) is 5.88 Å². The van der Waals surface area contributed by atoms with Crippen molar-refractivity contribution >= 4 is 71.1 Å². The van der Waals surface area contributed by atoms with Crippen LogP contribution in [0.15, 0.2) is 30.0 Å². The summed E-state index contributed by atoms with van der Waals surface area (Å²) in [6.07, 6.45) is 0.